The lowest BCUT2D eigenvalue weighted by molar-refractivity contribution is -0.134. The molecule has 1 saturated heterocycles. The van der Waals surface area contributed by atoms with E-state index in [1.54, 1.807) is 11.3 Å². The van der Waals surface area contributed by atoms with Crippen molar-refractivity contribution in [3.63, 3.8) is 0 Å². The third-order valence-corrected chi connectivity index (χ3v) is 4.54. The number of nitrogens with zero attached hydrogens (tertiary/aromatic N) is 1. The molecule has 0 radical (unpaired) electrons. The zero-order chi connectivity index (χ0) is 13.5. The summed E-state index contributed by atoms with van der Waals surface area (Å²) < 4.78 is 0. The molecule has 1 amide bonds. The molecule has 0 saturated carbocycles. The Morgan fingerprint density at radius 1 is 1.44 bits per heavy atom. The molecule has 2 heterocycles. The molecular weight excluding hydrogens is 244 g/mol. The number of carbonyl (C=O) groups excluding carboxylic acids is 1. The van der Waals surface area contributed by atoms with Crippen LogP contribution in [0.2, 0.25) is 0 Å². The first-order chi connectivity index (χ1) is 8.32. The number of carbonyl (C=O) groups is 1. The summed E-state index contributed by atoms with van der Waals surface area (Å²) in [4.78, 5) is 14.4. The molecule has 1 N–H and O–H groups in total. The van der Waals surface area contributed by atoms with E-state index in [1.165, 1.54) is 5.56 Å². The maximum atomic E-state index is 12.4. The first-order valence-corrected chi connectivity index (χ1v) is 7.37. The Kier molecular flexibility index (Phi) is 3.52. The summed E-state index contributed by atoms with van der Waals surface area (Å²) in [7, 11) is 0. The second kappa shape index (κ2) is 4.67. The predicted octanol–water partition coefficient (Wildman–Crippen LogP) is 3.00. The second-order valence-corrected chi connectivity index (χ2v) is 6.92. The fourth-order valence-corrected chi connectivity index (χ4v) is 2.94. The fourth-order valence-electron chi connectivity index (χ4n) is 2.26. The van der Waals surface area contributed by atoms with Crippen LogP contribution in [-0.2, 0) is 4.79 Å². The van der Waals surface area contributed by atoms with Crippen molar-refractivity contribution in [3.8, 4) is 0 Å². The number of thiophene rings is 1. The third-order valence-electron chi connectivity index (χ3n) is 3.84. The van der Waals surface area contributed by atoms with Gasteiger partial charge in [0.2, 0.25) is 5.91 Å². The van der Waals surface area contributed by atoms with E-state index in [0.717, 1.165) is 0 Å². The number of rotatable bonds is 2. The van der Waals surface area contributed by atoms with Crippen LogP contribution in [0.1, 0.15) is 46.3 Å². The number of amides is 1. The average molecular weight is 266 g/mol. The van der Waals surface area contributed by atoms with Gasteiger partial charge < -0.3 is 4.90 Å². The molecule has 1 aliphatic rings. The Morgan fingerprint density at radius 2 is 2.11 bits per heavy atom. The van der Waals surface area contributed by atoms with Crippen molar-refractivity contribution in [1.29, 1.82) is 0 Å². The van der Waals surface area contributed by atoms with Crippen molar-refractivity contribution < 1.29 is 4.79 Å². The largest absolute Gasteiger partial charge is 0.318 e. The zero-order valence-corrected chi connectivity index (χ0v) is 12.5. The third kappa shape index (κ3) is 2.31. The lowest BCUT2D eigenvalue weighted by Crippen LogP contribution is -2.45. The average Bonchev–Trinajstić information content (AvgIpc) is 2.86. The van der Waals surface area contributed by atoms with Gasteiger partial charge in [0.15, 0.2) is 0 Å². The minimum Gasteiger partial charge on any atom is -0.318 e. The van der Waals surface area contributed by atoms with E-state index in [0.29, 0.717) is 0 Å². The molecule has 1 aromatic heterocycles. The van der Waals surface area contributed by atoms with Crippen LogP contribution in [0.3, 0.4) is 0 Å². The quantitative estimate of drug-likeness (QED) is 0.892. The van der Waals surface area contributed by atoms with E-state index < -0.39 is 0 Å². The molecule has 100 valence electrons. The van der Waals surface area contributed by atoms with Gasteiger partial charge in [-0.15, -0.1) is 0 Å². The van der Waals surface area contributed by atoms with Crippen LogP contribution < -0.4 is 5.32 Å². The van der Waals surface area contributed by atoms with Gasteiger partial charge in [0.1, 0.15) is 6.17 Å². The van der Waals surface area contributed by atoms with Gasteiger partial charge in [-0.3, -0.25) is 10.1 Å². The molecule has 3 unspecified atom stereocenters. The Hall–Kier alpha value is -0.870. The van der Waals surface area contributed by atoms with Gasteiger partial charge >= 0.3 is 0 Å². The topological polar surface area (TPSA) is 32.3 Å². The molecule has 2 rings (SSSR count). The van der Waals surface area contributed by atoms with Crippen LogP contribution in [0.15, 0.2) is 16.8 Å². The summed E-state index contributed by atoms with van der Waals surface area (Å²) in [5.74, 6) is 0.202. The molecule has 1 aliphatic heterocycles. The first kappa shape index (κ1) is 13.6. The van der Waals surface area contributed by atoms with Crippen molar-refractivity contribution in [2.24, 2.45) is 5.41 Å². The SMILES string of the molecule is CC1NC(c2ccsc2)N(C(C)C(C)(C)C)C1=O. The van der Waals surface area contributed by atoms with E-state index in [2.05, 4.69) is 49.8 Å². The lowest BCUT2D eigenvalue weighted by atomic mass is 9.86. The molecule has 18 heavy (non-hydrogen) atoms. The summed E-state index contributed by atoms with van der Waals surface area (Å²) in [5.41, 5.74) is 1.27. The Labute approximate surface area is 113 Å². The Morgan fingerprint density at radius 3 is 2.61 bits per heavy atom. The maximum Gasteiger partial charge on any atom is 0.241 e. The predicted molar refractivity (Wildman–Crippen MR) is 75.4 cm³/mol. The lowest BCUT2D eigenvalue weighted by Gasteiger charge is -2.38. The number of nitrogens with one attached hydrogen (secondary N) is 1. The van der Waals surface area contributed by atoms with Crippen LogP contribution in [-0.4, -0.2) is 22.9 Å². The molecule has 1 fully saturated rings. The van der Waals surface area contributed by atoms with E-state index in [1.807, 2.05) is 11.8 Å². The highest BCUT2D eigenvalue weighted by Crippen LogP contribution is 2.34. The highest BCUT2D eigenvalue weighted by molar-refractivity contribution is 7.07. The summed E-state index contributed by atoms with van der Waals surface area (Å²) in [6.07, 6.45) is 0.0213. The monoisotopic (exact) mass is 266 g/mol. The van der Waals surface area contributed by atoms with Gasteiger partial charge in [0.25, 0.3) is 0 Å². The van der Waals surface area contributed by atoms with Gasteiger partial charge in [-0.25, -0.2) is 0 Å². The van der Waals surface area contributed by atoms with Gasteiger partial charge in [-0.2, -0.15) is 11.3 Å². The van der Waals surface area contributed by atoms with Crippen LogP contribution in [0.5, 0.6) is 0 Å². The van der Waals surface area contributed by atoms with Crippen molar-refractivity contribution in [2.75, 3.05) is 0 Å². The zero-order valence-electron chi connectivity index (χ0n) is 11.7. The van der Waals surface area contributed by atoms with Crippen molar-refractivity contribution in [3.05, 3.63) is 22.4 Å². The fraction of sp³-hybridized carbons (Fsp3) is 0.643. The highest BCUT2D eigenvalue weighted by Gasteiger charge is 2.42. The summed E-state index contributed by atoms with van der Waals surface area (Å²) in [5, 5.41) is 7.57. The molecular formula is C14H22N2OS. The van der Waals surface area contributed by atoms with Crippen molar-refractivity contribution in [2.45, 2.75) is 52.9 Å². The van der Waals surface area contributed by atoms with E-state index in [9.17, 15) is 4.79 Å². The standard InChI is InChI=1S/C14H22N2OS/c1-9-13(17)16(10(2)14(3,4)5)12(15-9)11-6-7-18-8-11/h6-10,12,15H,1-5H3. The molecule has 3 atom stereocenters. The molecule has 0 bridgehead atoms. The smallest absolute Gasteiger partial charge is 0.241 e. The molecule has 4 heteroatoms. The second-order valence-electron chi connectivity index (χ2n) is 6.14. The molecule has 3 nitrogen and oxygen atoms in total. The van der Waals surface area contributed by atoms with Gasteiger partial charge in [0.05, 0.1) is 6.04 Å². The normalized spacial score (nSPS) is 26.7. The number of hydrogen-bond acceptors (Lipinski definition) is 3. The first-order valence-electron chi connectivity index (χ1n) is 6.42. The number of hydrogen-bond donors (Lipinski definition) is 1. The summed E-state index contributed by atoms with van der Waals surface area (Å²) in [6, 6.07) is 2.20. The minimum absolute atomic E-state index is 0.0213. The summed E-state index contributed by atoms with van der Waals surface area (Å²) in [6.45, 7) is 10.6. The van der Waals surface area contributed by atoms with E-state index >= 15 is 0 Å². The molecule has 0 spiro atoms. The van der Waals surface area contributed by atoms with Gasteiger partial charge in [-0.1, -0.05) is 20.8 Å². The minimum atomic E-state index is -0.0975. The van der Waals surface area contributed by atoms with Crippen molar-refractivity contribution in [1.82, 2.24) is 10.2 Å². The van der Waals surface area contributed by atoms with Gasteiger partial charge in [0, 0.05) is 6.04 Å². The van der Waals surface area contributed by atoms with E-state index in [4.69, 9.17) is 0 Å². The van der Waals surface area contributed by atoms with Crippen LogP contribution in [0.25, 0.3) is 0 Å². The maximum absolute atomic E-state index is 12.4. The highest BCUT2D eigenvalue weighted by atomic mass is 32.1. The van der Waals surface area contributed by atoms with Crippen LogP contribution in [0, 0.1) is 5.41 Å². The van der Waals surface area contributed by atoms with E-state index in [-0.39, 0.29) is 29.6 Å². The molecule has 1 aromatic rings. The molecule has 0 aliphatic carbocycles. The van der Waals surface area contributed by atoms with Crippen LogP contribution in [0.4, 0.5) is 0 Å². The van der Waals surface area contributed by atoms with Gasteiger partial charge in [-0.05, 0) is 41.7 Å². The van der Waals surface area contributed by atoms with Crippen molar-refractivity contribution >= 4 is 17.2 Å². The Bertz CT molecular complexity index is 422. The van der Waals surface area contributed by atoms with Crippen LogP contribution >= 0.6 is 11.3 Å². The summed E-state index contributed by atoms with van der Waals surface area (Å²) >= 11 is 1.67. The molecule has 0 aromatic carbocycles. The Balaban J connectivity index is 2.32.